The fourth-order valence-corrected chi connectivity index (χ4v) is 2.26. The molecule has 0 aliphatic rings. The second-order valence-electron chi connectivity index (χ2n) is 5.25. The van der Waals surface area contributed by atoms with Crippen LogP contribution in [0.25, 0.3) is 0 Å². The summed E-state index contributed by atoms with van der Waals surface area (Å²) in [4.78, 5) is 0. The Morgan fingerprint density at radius 1 is 0.833 bits per heavy atom. The van der Waals surface area contributed by atoms with Gasteiger partial charge in [-0.2, -0.15) is 0 Å². The first-order valence-corrected chi connectivity index (χ1v) is 7.04. The van der Waals surface area contributed by atoms with Gasteiger partial charge in [-0.05, 0) is 0 Å². The van der Waals surface area contributed by atoms with Crippen molar-refractivity contribution in [3.8, 4) is 0 Å². The van der Waals surface area contributed by atoms with Gasteiger partial charge in [0.15, 0.2) is 37.9 Å². The number of pyridine rings is 2. The topological polar surface area (TPSA) is 72.9 Å². The quantitative estimate of drug-likeness (QED) is 0.197. The summed E-state index contributed by atoms with van der Waals surface area (Å²) in [5, 5.41) is 23.0. The molecule has 2 N–H and O–H groups in total. The summed E-state index contributed by atoms with van der Waals surface area (Å²) in [6, 6.07) is 7.62. The zero-order valence-corrected chi connectivity index (χ0v) is 16.4. The highest BCUT2D eigenvalue weighted by Gasteiger charge is 2.14. The lowest BCUT2D eigenvalue weighted by Gasteiger charge is -2.05. The molecular weight excluding hydrogens is 440 g/mol. The first kappa shape index (κ1) is 22.2. The van der Waals surface area contributed by atoms with Crippen LogP contribution < -0.4 is 43.1 Å². The summed E-state index contributed by atoms with van der Waals surface area (Å²) in [6.07, 6.45) is 10.7. The fraction of sp³-hybridized carbons (Fsp3) is 0.250. The molecule has 0 atom stereocenters. The Morgan fingerprint density at radius 2 is 1.17 bits per heavy atom. The molecule has 0 aromatic carbocycles. The van der Waals surface area contributed by atoms with Crippen molar-refractivity contribution in [1.29, 1.82) is 0 Å². The molecule has 2 heterocycles. The van der Waals surface area contributed by atoms with E-state index >= 15 is 0 Å². The van der Waals surface area contributed by atoms with E-state index in [1.807, 2.05) is 49.1 Å². The highest BCUT2D eigenvalue weighted by atomic mass is 79.9. The smallest absolute Gasteiger partial charge is 0.169 e. The van der Waals surface area contributed by atoms with Crippen LogP contribution in [0.5, 0.6) is 0 Å². The number of rotatable bonds is 6. The maximum atomic E-state index is 8.49. The number of halogens is 2. The fourth-order valence-electron chi connectivity index (χ4n) is 2.26. The Labute approximate surface area is 162 Å². The van der Waals surface area contributed by atoms with Gasteiger partial charge < -0.3 is 44.4 Å². The molecule has 0 aliphatic heterocycles. The van der Waals surface area contributed by atoms with Gasteiger partial charge in [0, 0.05) is 35.4 Å². The molecule has 0 fully saturated rings. The van der Waals surface area contributed by atoms with Gasteiger partial charge in [-0.1, -0.05) is 17.2 Å². The third kappa shape index (κ3) is 7.18. The predicted octanol–water partition coefficient (Wildman–Crippen LogP) is -4.78. The van der Waals surface area contributed by atoms with Gasteiger partial charge in [0.05, 0.1) is 18.3 Å². The van der Waals surface area contributed by atoms with Crippen molar-refractivity contribution in [1.82, 2.24) is 0 Å². The van der Waals surface area contributed by atoms with E-state index in [0.717, 1.165) is 24.2 Å². The molecule has 2 rings (SSSR count). The molecule has 0 spiro atoms. The minimum Gasteiger partial charge on any atom is -1.00 e. The molecule has 24 heavy (non-hydrogen) atoms. The van der Waals surface area contributed by atoms with E-state index in [-0.39, 0.29) is 34.0 Å². The SMILES string of the molecule is CC(C[n+]1ccc(/C=N\O)cc1)C[n+]1ccc(/C=N\O)cc1.[Br-].[Br-]. The molecule has 8 heteroatoms. The zero-order valence-electron chi connectivity index (χ0n) is 13.2. The Morgan fingerprint density at radius 3 is 1.46 bits per heavy atom. The summed E-state index contributed by atoms with van der Waals surface area (Å²) in [5.41, 5.74) is 1.73. The summed E-state index contributed by atoms with van der Waals surface area (Å²) in [7, 11) is 0. The van der Waals surface area contributed by atoms with Gasteiger partial charge >= 0.3 is 0 Å². The van der Waals surface area contributed by atoms with E-state index in [0.29, 0.717) is 5.92 Å². The molecule has 0 bridgehead atoms. The second kappa shape index (κ2) is 11.7. The molecule has 0 saturated heterocycles. The largest absolute Gasteiger partial charge is 1.00 e. The van der Waals surface area contributed by atoms with Crippen LogP contribution in [0.4, 0.5) is 0 Å². The average Bonchev–Trinajstić information content (AvgIpc) is 2.52. The van der Waals surface area contributed by atoms with Crippen molar-refractivity contribution < 1.29 is 53.5 Å². The minimum atomic E-state index is 0. The maximum Gasteiger partial charge on any atom is 0.169 e. The van der Waals surface area contributed by atoms with Crippen molar-refractivity contribution in [2.75, 3.05) is 0 Å². The lowest BCUT2D eigenvalue weighted by atomic mass is 10.1. The third-order valence-corrected chi connectivity index (χ3v) is 3.29. The van der Waals surface area contributed by atoms with Gasteiger partial charge in [-0.15, -0.1) is 0 Å². The van der Waals surface area contributed by atoms with E-state index in [1.165, 1.54) is 12.4 Å². The lowest BCUT2D eigenvalue weighted by Crippen LogP contribution is -3.00. The van der Waals surface area contributed by atoms with E-state index in [2.05, 4.69) is 26.4 Å². The molecule has 2 aromatic rings. The van der Waals surface area contributed by atoms with Crippen LogP contribution in [0, 0.1) is 5.92 Å². The van der Waals surface area contributed by atoms with Gasteiger partial charge in [0.1, 0.15) is 0 Å². The predicted molar refractivity (Wildman–Crippen MR) is 81.2 cm³/mol. The molecule has 0 unspecified atom stereocenters. The lowest BCUT2D eigenvalue weighted by molar-refractivity contribution is -0.736. The van der Waals surface area contributed by atoms with Crippen LogP contribution in [0.2, 0.25) is 0 Å². The number of aromatic nitrogens is 2. The monoisotopic (exact) mass is 458 g/mol. The van der Waals surface area contributed by atoms with E-state index < -0.39 is 0 Å². The summed E-state index contributed by atoms with van der Waals surface area (Å²) in [6.45, 7) is 3.97. The highest BCUT2D eigenvalue weighted by molar-refractivity contribution is 5.78. The summed E-state index contributed by atoms with van der Waals surface area (Å²) >= 11 is 0. The highest BCUT2D eigenvalue weighted by Crippen LogP contribution is 1.98. The Balaban J connectivity index is 0.00000264. The van der Waals surface area contributed by atoms with E-state index in [9.17, 15) is 0 Å². The Kier molecular flexibility index (Phi) is 10.8. The van der Waals surface area contributed by atoms with Crippen LogP contribution in [-0.4, -0.2) is 22.8 Å². The molecule has 130 valence electrons. The van der Waals surface area contributed by atoms with E-state index in [4.69, 9.17) is 10.4 Å². The van der Waals surface area contributed by atoms with Crippen molar-refractivity contribution in [3.05, 3.63) is 60.2 Å². The summed E-state index contributed by atoms with van der Waals surface area (Å²) < 4.78 is 4.21. The molecule has 0 saturated carbocycles. The van der Waals surface area contributed by atoms with Crippen LogP contribution in [0.15, 0.2) is 59.4 Å². The zero-order chi connectivity index (χ0) is 15.8. The molecule has 0 aliphatic carbocycles. The molecular formula is C16H20Br2N4O2. The summed E-state index contributed by atoms with van der Waals surface area (Å²) in [5.74, 6) is 0.449. The number of oxime groups is 2. The van der Waals surface area contributed by atoms with Crippen LogP contribution in [0.1, 0.15) is 18.1 Å². The van der Waals surface area contributed by atoms with Gasteiger partial charge in [-0.25, -0.2) is 9.13 Å². The average molecular weight is 460 g/mol. The van der Waals surface area contributed by atoms with Crippen molar-refractivity contribution in [3.63, 3.8) is 0 Å². The van der Waals surface area contributed by atoms with Crippen LogP contribution >= 0.6 is 0 Å². The normalized spacial score (nSPS) is 10.8. The first-order chi connectivity index (χ1) is 10.7. The number of nitrogens with zero attached hydrogens (tertiary/aromatic N) is 4. The molecule has 0 amide bonds. The number of hydrogen-bond donors (Lipinski definition) is 2. The molecule has 6 nitrogen and oxygen atoms in total. The molecule has 2 aromatic heterocycles. The van der Waals surface area contributed by atoms with Gasteiger partial charge in [0.2, 0.25) is 0 Å². The van der Waals surface area contributed by atoms with Crippen LogP contribution in [-0.2, 0) is 13.1 Å². The van der Waals surface area contributed by atoms with Crippen LogP contribution in [0.3, 0.4) is 0 Å². The first-order valence-electron chi connectivity index (χ1n) is 7.04. The van der Waals surface area contributed by atoms with Crippen molar-refractivity contribution in [2.24, 2.45) is 16.2 Å². The Bertz CT molecular complexity index is 589. The standard InChI is InChI=1S/C16H18N4O2.2BrH/c1-14(12-19-6-2-15(3-7-19)10-17-21)13-20-8-4-16(5-9-20)11-18-22;;/h2-11,14H,12-13H2,1H3;2*1H. The van der Waals surface area contributed by atoms with Gasteiger partial charge in [0.25, 0.3) is 0 Å². The molecule has 0 radical (unpaired) electrons. The van der Waals surface area contributed by atoms with Gasteiger partial charge in [-0.3, -0.25) is 0 Å². The Hall–Kier alpha value is -1.80. The van der Waals surface area contributed by atoms with Crippen molar-refractivity contribution >= 4 is 12.4 Å². The third-order valence-electron chi connectivity index (χ3n) is 3.29. The second-order valence-corrected chi connectivity index (χ2v) is 5.25. The van der Waals surface area contributed by atoms with Crippen molar-refractivity contribution in [2.45, 2.75) is 20.0 Å². The maximum absolute atomic E-state index is 8.49. The number of hydrogen-bond acceptors (Lipinski definition) is 4. The van der Waals surface area contributed by atoms with E-state index in [1.54, 1.807) is 0 Å². The minimum absolute atomic E-state index is 0.